The number of nitrogens with zero attached hydrogens (tertiary/aromatic N) is 1. The van der Waals surface area contributed by atoms with Crippen molar-refractivity contribution in [1.82, 2.24) is 4.90 Å². The lowest BCUT2D eigenvalue weighted by atomic mass is 9.86. The topological polar surface area (TPSA) is 93.6 Å². The number of nitrogens with one attached hydrogen (secondary N) is 1. The second-order valence-corrected chi connectivity index (χ2v) is 5.30. The van der Waals surface area contributed by atoms with E-state index in [2.05, 4.69) is 0 Å². The van der Waals surface area contributed by atoms with Crippen molar-refractivity contribution in [3.63, 3.8) is 0 Å². The number of rotatable bonds is 5. The molecule has 5 heteroatoms. The molecule has 2 atom stereocenters. The number of hydrogen-bond acceptors (Lipinski definition) is 4. The molecular weight excluding hydrogens is 206 g/mol. The van der Waals surface area contributed by atoms with Crippen molar-refractivity contribution in [3.8, 4) is 0 Å². The molecule has 0 amide bonds. The highest BCUT2D eigenvalue weighted by atomic mass is 16.3. The molecule has 2 unspecified atom stereocenters. The minimum atomic E-state index is -0.610. The molecule has 0 radical (unpaired) electrons. The van der Waals surface area contributed by atoms with Crippen molar-refractivity contribution in [1.29, 1.82) is 5.41 Å². The minimum Gasteiger partial charge on any atom is -0.389 e. The van der Waals surface area contributed by atoms with Crippen LogP contribution in [-0.4, -0.2) is 52.8 Å². The average molecular weight is 229 g/mol. The monoisotopic (exact) mass is 229 g/mol. The molecule has 0 saturated carbocycles. The normalized spacial score (nSPS) is 27.2. The zero-order valence-electron chi connectivity index (χ0n) is 10.1. The summed E-state index contributed by atoms with van der Waals surface area (Å²) in [7, 11) is 0. The van der Waals surface area contributed by atoms with Gasteiger partial charge in [-0.15, -0.1) is 0 Å². The summed E-state index contributed by atoms with van der Waals surface area (Å²) in [5.41, 5.74) is 5.25. The van der Waals surface area contributed by atoms with E-state index in [1.807, 2.05) is 18.7 Å². The second-order valence-electron chi connectivity index (χ2n) is 5.30. The Labute approximate surface area is 96.8 Å². The molecule has 1 saturated heterocycles. The smallest absolute Gasteiger partial charge is 0.0963 e. The van der Waals surface area contributed by atoms with Gasteiger partial charge in [0, 0.05) is 18.5 Å². The first-order chi connectivity index (χ1) is 7.33. The predicted octanol–water partition coefficient (Wildman–Crippen LogP) is -0.234. The summed E-state index contributed by atoms with van der Waals surface area (Å²) in [6, 6.07) is 0. The molecule has 0 aromatic rings. The molecule has 16 heavy (non-hydrogen) atoms. The van der Waals surface area contributed by atoms with E-state index >= 15 is 0 Å². The Morgan fingerprint density at radius 2 is 1.88 bits per heavy atom. The van der Waals surface area contributed by atoms with E-state index < -0.39 is 12.2 Å². The van der Waals surface area contributed by atoms with Crippen LogP contribution in [0.15, 0.2) is 0 Å². The Balaban J connectivity index is 2.24. The molecule has 0 aromatic carbocycles. The number of amidine groups is 1. The fourth-order valence-electron chi connectivity index (χ4n) is 1.91. The van der Waals surface area contributed by atoms with Crippen LogP contribution in [0, 0.1) is 10.8 Å². The summed E-state index contributed by atoms with van der Waals surface area (Å²) in [5.74, 6) is 0.217. The second kappa shape index (κ2) is 5.12. The minimum absolute atomic E-state index is 0.217. The van der Waals surface area contributed by atoms with Gasteiger partial charge in [0.05, 0.1) is 18.0 Å². The molecule has 5 N–H and O–H groups in total. The Bertz CT molecular complexity index is 246. The Hall–Kier alpha value is -0.650. The standard InChI is InChI=1S/C11H23N3O2/c1-11(2,10(12)13)4-3-5-14-6-8(15)9(16)7-14/h8-9,15-16H,3-7H2,1-2H3,(H3,12,13). The number of aliphatic hydroxyl groups is 2. The third-order valence-electron chi connectivity index (χ3n) is 3.34. The van der Waals surface area contributed by atoms with Crippen molar-refractivity contribution in [2.45, 2.75) is 38.9 Å². The van der Waals surface area contributed by atoms with Gasteiger partial charge in [0.2, 0.25) is 0 Å². The van der Waals surface area contributed by atoms with Crippen LogP contribution in [0.1, 0.15) is 26.7 Å². The Morgan fingerprint density at radius 1 is 1.38 bits per heavy atom. The van der Waals surface area contributed by atoms with Crippen molar-refractivity contribution >= 4 is 5.84 Å². The molecule has 94 valence electrons. The Kier molecular flexibility index (Phi) is 4.29. The van der Waals surface area contributed by atoms with Gasteiger partial charge in [-0.2, -0.15) is 0 Å². The first kappa shape index (κ1) is 13.4. The van der Waals surface area contributed by atoms with E-state index in [9.17, 15) is 10.2 Å². The molecule has 0 aromatic heterocycles. The first-order valence-corrected chi connectivity index (χ1v) is 5.76. The molecule has 0 bridgehead atoms. The maximum absolute atomic E-state index is 9.37. The van der Waals surface area contributed by atoms with Crippen LogP contribution in [0.3, 0.4) is 0 Å². The number of β-amino-alcohol motifs (C(OH)–C–C–N with tert-alkyl or cyclic N) is 2. The molecule has 1 aliphatic rings. The summed E-state index contributed by atoms with van der Waals surface area (Å²) < 4.78 is 0. The van der Waals surface area contributed by atoms with Gasteiger partial charge in [-0.3, -0.25) is 10.3 Å². The van der Waals surface area contributed by atoms with E-state index in [-0.39, 0.29) is 11.3 Å². The van der Waals surface area contributed by atoms with Gasteiger partial charge in [0.25, 0.3) is 0 Å². The van der Waals surface area contributed by atoms with Crippen LogP contribution in [0.2, 0.25) is 0 Å². The fraction of sp³-hybridized carbons (Fsp3) is 0.909. The zero-order valence-corrected chi connectivity index (χ0v) is 10.1. The van der Waals surface area contributed by atoms with Crippen molar-refractivity contribution in [2.24, 2.45) is 11.1 Å². The molecule has 1 aliphatic heterocycles. The molecule has 1 rings (SSSR count). The van der Waals surface area contributed by atoms with Gasteiger partial charge >= 0.3 is 0 Å². The van der Waals surface area contributed by atoms with Crippen molar-refractivity contribution in [2.75, 3.05) is 19.6 Å². The first-order valence-electron chi connectivity index (χ1n) is 5.76. The van der Waals surface area contributed by atoms with E-state index in [4.69, 9.17) is 11.1 Å². The molecule has 1 fully saturated rings. The van der Waals surface area contributed by atoms with E-state index in [0.29, 0.717) is 13.1 Å². The van der Waals surface area contributed by atoms with Gasteiger partial charge in [0.15, 0.2) is 0 Å². The Morgan fingerprint density at radius 3 is 2.31 bits per heavy atom. The third-order valence-corrected chi connectivity index (χ3v) is 3.34. The van der Waals surface area contributed by atoms with Crippen molar-refractivity contribution in [3.05, 3.63) is 0 Å². The van der Waals surface area contributed by atoms with Crippen LogP contribution < -0.4 is 5.73 Å². The van der Waals surface area contributed by atoms with Gasteiger partial charge < -0.3 is 15.9 Å². The molecule has 0 spiro atoms. The van der Waals surface area contributed by atoms with E-state index in [1.165, 1.54) is 0 Å². The van der Waals surface area contributed by atoms with Crippen LogP contribution in [0.5, 0.6) is 0 Å². The van der Waals surface area contributed by atoms with Crippen molar-refractivity contribution < 1.29 is 10.2 Å². The maximum atomic E-state index is 9.37. The lowest BCUT2D eigenvalue weighted by molar-refractivity contribution is 0.0572. The highest BCUT2D eigenvalue weighted by molar-refractivity contribution is 5.82. The summed E-state index contributed by atoms with van der Waals surface area (Å²) in [5, 5.41) is 26.2. The summed E-state index contributed by atoms with van der Waals surface area (Å²) in [6.45, 7) is 5.85. The summed E-state index contributed by atoms with van der Waals surface area (Å²) in [4.78, 5) is 2.05. The number of likely N-dealkylation sites (tertiary alicyclic amines) is 1. The lowest BCUT2D eigenvalue weighted by Gasteiger charge is -2.24. The highest BCUT2D eigenvalue weighted by Crippen LogP contribution is 2.22. The third kappa shape index (κ3) is 3.43. The van der Waals surface area contributed by atoms with Crippen LogP contribution in [0.25, 0.3) is 0 Å². The molecule has 1 heterocycles. The van der Waals surface area contributed by atoms with E-state index in [0.717, 1.165) is 19.4 Å². The molecule has 0 aliphatic carbocycles. The zero-order chi connectivity index (χ0) is 12.3. The number of nitrogens with two attached hydrogens (primary N) is 1. The number of aliphatic hydroxyl groups excluding tert-OH is 2. The molecule has 5 nitrogen and oxygen atoms in total. The SMILES string of the molecule is CC(C)(CCCN1CC(O)C(O)C1)C(=N)N. The fourth-order valence-corrected chi connectivity index (χ4v) is 1.91. The van der Waals surface area contributed by atoms with Crippen LogP contribution in [0.4, 0.5) is 0 Å². The lowest BCUT2D eigenvalue weighted by Crippen LogP contribution is -2.32. The van der Waals surface area contributed by atoms with Gasteiger partial charge in [0.1, 0.15) is 0 Å². The van der Waals surface area contributed by atoms with Gasteiger partial charge in [-0.25, -0.2) is 0 Å². The summed E-state index contributed by atoms with van der Waals surface area (Å²) >= 11 is 0. The average Bonchev–Trinajstić information content (AvgIpc) is 2.45. The predicted molar refractivity (Wildman–Crippen MR) is 63.4 cm³/mol. The maximum Gasteiger partial charge on any atom is 0.0963 e. The highest BCUT2D eigenvalue weighted by Gasteiger charge is 2.29. The largest absolute Gasteiger partial charge is 0.389 e. The van der Waals surface area contributed by atoms with Crippen LogP contribution in [-0.2, 0) is 0 Å². The number of hydrogen-bond donors (Lipinski definition) is 4. The van der Waals surface area contributed by atoms with Crippen LogP contribution >= 0.6 is 0 Å². The van der Waals surface area contributed by atoms with Gasteiger partial charge in [-0.1, -0.05) is 13.8 Å². The molecular formula is C11H23N3O2. The van der Waals surface area contributed by atoms with Gasteiger partial charge in [-0.05, 0) is 19.4 Å². The van der Waals surface area contributed by atoms with E-state index in [1.54, 1.807) is 0 Å². The summed E-state index contributed by atoms with van der Waals surface area (Å²) in [6.07, 6.45) is 0.554. The quantitative estimate of drug-likeness (QED) is 0.387.